The minimum Gasteiger partial charge on any atom is -0.497 e. The number of methoxy groups -OCH3 is 1. The van der Waals surface area contributed by atoms with E-state index in [2.05, 4.69) is 17.4 Å². The van der Waals surface area contributed by atoms with Gasteiger partial charge in [-0.1, -0.05) is 29.4 Å². The largest absolute Gasteiger partial charge is 0.497 e. The highest BCUT2D eigenvalue weighted by atomic mass is 35.5. The highest BCUT2D eigenvalue weighted by Crippen LogP contribution is 2.33. The van der Waals surface area contributed by atoms with Crippen LogP contribution in [0.15, 0.2) is 52.3 Å². The van der Waals surface area contributed by atoms with Crippen LogP contribution in [-0.4, -0.2) is 14.2 Å². The molecule has 0 aliphatic heterocycles. The summed E-state index contributed by atoms with van der Waals surface area (Å²) >= 11 is 7.76. The zero-order valence-electron chi connectivity index (χ0n) is 10.9. The molecular formula is C15H16ClNOS. The van der Waals surface area contributed by atoms with Gasteiger partial charge in [0.2, 0.25) is 0 Å². The first-order valence-corrected chi connectivity index (χ1v) is 7.17. The number of hydrogen-bond donors (Lipinski definition) is 1. The van der Waals surface area contributed by atoms with E-state index in [-0.39, 0.29) is 0 Å². The van der Waals surface area contributed by atoms with Gasteiger partial charge in [-0.2, -0.15) is 0 Å². The minimum absolute atomic E-state index is 0.764. The van der Waals surface area contributed by atoms with Gasteiger partial charge in [0.15, 0.2) is 0 Å². The van der Waals surface area contributed by atoms with Crippen LogP contribution in [0.4, 0.5) is 0 Å². The summed E-state index contributed by atoms with van der Waals surface area (Å²) in [4.78, 5) is 2.35. The van der Waals surface area contributed by atoms with Gasteiger partial charge in [-0.3, -0.25) is 0 Å². The summed E-state index contributed by atoms with van der Waals surface area (Å²) in [6.07, 6.45) is 0. The highest BCUT2D eigenvalue weighted by Gasteiger charge is 2.06. The summed E-state index contributed by atoms with van der Waals surface area (Å²) < 4.78 is 5.24. The third kappa shape index (κ3) is 3.90. The molecule has 0 unspecified atom stereocenters. The van der Waals surface area contributed by atoms with Crippen molar-refractivity contribution in [1.82, 2.24) is 5.32 Å². The number of halogens is 1. The van der Waals surface area contributed by atoms with Crippen molar-refractivity contribution in [3.63, 3.8) is 0 Å². The van der Waals surface area contributed by atoms with E-state index in [9.17, 15) is 0 Å². The summed E-state index contributed by atoms with van der Waals surface area (Å²) in [6.45, 7) is 0.798. The van der Waals surface area contributed by atoms with Crippen molar-refractivity contribution in [2.24, 2.45) is 0 Å². The van der Waals surface area contributed by atoms with Gasteiger partial charge in [0, 0.05) is 21.4 Å². The molecule has 0 aromatic heterocycles. The van der Waals surface area contributed by atoms with Crippen molar-refractivity contribution < 1.29 is 4.74 Å². The Hall–Kier alpha value is -1.16. The average molecular weight is 294 g/mol. The maximum absolute atomic E-state index is 6.05. The van der Waals surface area contributed by atoms with E-state index in [0.29, 0.717) is 0 Å². The lowest BCUT2D eigenvalue weighted by atomic mass is 10.2. The Kier molecular flexibility index (Phi) is 5.14. The molecule has 0 amide bonds. The molecule has 0 atom stereocenters. The van der Waals surface area contributed by atoms with Gasteiger partial charge >= 0.3 is 0 Å². The molecule has 2 aromatic carbocycles. The second-order valence-electron chi connectivity index (χ2n) is 4.06. The molecule has 4 heteroatoms. The van der Waals surface area contributed by atoms with Crippen LogP contribution in [0.2, 0.25) is 5.02 Å². The molecule has 2 rings (SSSR count). The average Bonchev–Trinajstić information content (AvgIpc) is 2.42. The molecule has 0 heterocycles. The van der Waals surface area contributed by atoms with Crippen molar-refractivity contribution in [2.75, 3.05) is 14.2 Å². The van der Waals surface area contributed by atoms with Gasteiger partial charge in [0.05, 0.1) is 7.11 Å². The smallest absolute Gasteiger partial charge is 0.119 e. The maximum Gasteiger partial charge on any atom is 0.119 e. The fourth-order valence-electron chi connectivity index (χ4n) is 1.77. The molecule has 1 N–H and O–H groups in total. The quantitative estimate of drug-likeness (QED) is 0.892. The van der Waals surface area contributed by atoms with E-state index < -0.39 is 0 Å². The van der Waals surface area contributed by atoms with E-state index in [4.69, 9.17) is 16.3 Å². The fraction of sp³-hybridized carbons (Fsp3) is 0.200. The van der Waals surface area contributed by atoms with Crippen LogP contribution < -0.4 is 10.1 Å². The molecular weight excluding hydrogens is 278 g/mol. The number of benzene rings is 2. The molecule has 0 aliphatic rings. The zero-order chi connectivity index (χ0) is 13.7. The van der Waals surface area contributed by atoms with Crippen LogP contribution in [0.5, 0.6) is 5.75 Å². The molecule has 0 saturated heterocycles. The molecule has 0 bridgehead atoms. The Morgan fingerprint density at radius 3 is 2.79 bits per heavy atom. The summed E-state index contributed by atoms with van der Waals surface area (Å²) in [6, 6.07) is 14.0. The summed E-state index contributed by atoms with van der Waals surface area (Å²) in [5, 5.41) is 3.93. The molecule has 100 valence electrons. The molecule has 0 radical (unpaired) electrons. The van der Waals surface area contributed by atoms with Gasteiger partial charge in [-0.05, 0) is 49.0 Å². The second-order valence-corrected chi connectivity index (χ2v) is 5.62. The number of rotatable bonds is 5. The third-order valence-electron chi connectivity index (χ3n) is 2.66. The standard InChI is InChI=1S/C15H16ClNOS/c1-17-10-11-8-12(16)6-7-15(11)19-14-5-3-4-13(9-14)18-2/h3-9,17H,10H2,1-2H3. The fourth-order valence-corrected chi connectivity index (χ4v) is 2.94. The van der Waals surface area contributed by atoms with E-state index >= 15 is 0 Å². The predicted molar refractivity (Wildman–Crippen MR) is 81.3 cm³/mol. The second kappa shape index (κ2) is 6.85. The van der Waals surface area contributed by atoms with Crippen LogP contribution in [-0.2, 0) is 6.54 Å². The first-order chi connectivity index (χ1) is 9.22. The normalized spacial score (nSPS) is 10.5. The number of hydrogen-bond acceptors (Lipinski definition) is 3. The highest BCUT2D eigenvalue weighted by molar-refractivity contribution is 7.99. The molecule has 0 spiro atoms. The van der Waals surface area contributed by atoms with Crippen LogP contribution >= 0.6 is 23.4 Å². The Balaban J connectivity index is 2.26. The van der Waals surface area contributed by atoms with E-state index in [1.807, 2.05) is 37.4 Å². The van der Waals surface area contributed by atoms with Gasteiger partial charge in [0.1, 0.15) is 5.75 Å². The van der Waals surface area contributed by atoms with Crippen LogP contribution in [0.1, 0.15) is 5.56 Å². The monoisotopic (exact) mass is 293 g/mol. The van der Waals surface area contributed by atoms with Crippen molar-refractivity contribution >= 4 is 23.4 Å². The number of nitrogens with one attached hydrogen (secondary N) is 1. The van der Waals surface area contributed by atoms with E-state index in [0.717, 1.165) is 22.2 Å². The Morgan fingerprint density at radius 1 is 1.21 bits per heavy atom. The molecule has 0 aliphatic carbocycles. The molecule has 19 heavy (non-hydrogen) atoms. The minimum atomic E-state index is 0.764. The van der Waals surface area contributed by atoms with Crippen molar-refractivity contribution in [2.45, 2.75) is 16.3 Å². The summed E-state index contributed by atoms with van der Waals surface area (Å²) in [7, 11) is 3.61. The number of ether oxygens (including phenoxy) is 1. The first-order valence-electron chi connectivity index (χ1n) is 5.98. The van der Waals surface area contributed by atoms with Gasteiger partial charge < -0.3 is 10.1 Å². The van der Waals surface area contributed by atoms with Crippen LogP contribution in [0.25, 0.3) is 0 Å². The predicted octanol–water partition coefficient (Wildman–Crippen LogP) is 4.22. The lowest BCUT2D eigenvalue weighted by molar-refractivity contribution is 0.413. The van der Waals surface area contributed by atoms with Crippen LogP contribution in [0.3, 0.4) is 0 Å². The van der Waals surface area contributed by atoms with E-state index in [1.165, 1.54) is 10.5 Å². The molecule has 0 fully saturated rings. The third-order valence-corrected chi connectivity index (χ3v) is 4.00. The van der Waals surface area contributed by atoms with Crippen molar-refractivity contribution in [3.05, 3.63) is 53.1 Å². The Bertz CT molecular complexity index is 560. The SMILES string of the molecule is CNCc1cc(Cl)ccc1Sc1cccc(OC)c1. The Labute approximate surface area is 123 Å². The van der Waals surface area contributed by atoms with Gasteiger partial charge in [0.25, 0.3) is 0 Å². The van der Waals surface area contributed by atoms with Crippen molar-refractivity contribution in [3.8, 4) is 5.75 Å². The van der Waals surface area contributed by atoms with Gasteiger partial charge in [-0.15, -0.1) is 0 Å². The van der Waals surface area contributed by atoms with Crippen molar-refractivity contribution in [1.29, 1.82) is 0 Å². The van der Waals surface area contributed by atoms with E-state index in [1.54, 1.807) is 18.9 Å². The lowest BCUT2D eigenvalue weighted by Gasteiger charge is -2.10. The topological polar surface area (TPSA) is 21.3 Å². The maximum atomic E-state index is 6.05. The lowest BCUT2D eigenvalue weighted by Crippen LogP contribution is -2.06. The Morgan fingerprint density at radius 2 is 2.05 bits per heavy atom. The molecule has 2 nitrogen and oxygen atoms in total. The van der Waals surface area contributed by atoms with Gasteiger partial charge in [-0.25, -0.2) is 0 Å². The summed E-state index contributed by atoms with van der Waals surface area (Å²) in [5.41, 5.74) is 1.20. The van der Waals surface area contributed by atoms with Crippen LogP contribution in [0, 0.1) is 0 Å². The summed E-state index contributed by atoms with van der Waals surface area (Å²) in [5.74, 6) is 0.870. The zero-order valence-corrected chi connectivity index (χ0v) is 12.5. The first kappa shape index (κ1) is 14.3. The molecule has 2 aromatic rings. The molecule has 0 saturated carbocycles.